The zero-order valence-electron chi connectivity index (χ0n) is 17.8. The van der Waals surface area contributed by atoms with Crippen molar-refractivity contribution in [3.63, 3.8) is 0 Å². The van der Waals surface area contributed by atoms with Gasteiger partial charge in [0.25, 0.3) is 5.91 Å². The van der Waals surface area contributed by atoms with Gasteiger partial charge in [0.15, 0.2) is 11.8 Å². The van der Waals surface area contributed by atoms with Crippen LogP contribution in [0.25, 0.3) is 11.0 Å². The number of hydrogen-bond donors (Lipinski definition) is 1. The van der Waals surface area contributed by atoms with Crippen molar-refractivity contribution in [1.82, 2.24) is 14.3 Å². The van der Waals surface area contributed by atoms with Crippen LogP contribution in [0.4, 0.5) is 5.69 Å². The summed E-state index contributed by atoms with van der Waals surface area (Å²) in [6.45, 7) is 2.61. The Morgan fingerprint density at radius 3 is 2.58 bits per heavy atom. The molecule has 1 fully saturated rings. The fraction of sp³-hybridized carbons (Fsp3) is 0.273. The smallest absolute Gasteiger partial charge is 0.359 e. The van der Waals surface area contributed by atoms with E-state index in [9.17, 15) is 18.0 Å². The van der Waals surface area contributed by atoms with E-state index in [0.29, 0.717) is 24.2 Å². The number of morpholine rings is 1. The number of esters is 1. The Hall–Kier alpha value is -3.41. The number of hydrogen-bond acceptors (Lipinski definition) is 8. The molecule has 1 amide bonds. The van der Waals surface area contributed by atoms with Crippen LogP contribution in [0, 0.1) is 0 Å². The van der Waals surface area contributed by atoms with Crippen LogP contribution < -0.4 is 5.32 Å². The van der Waals surface area contributed by atoms with Gasteiger partial charge in [-0.25, -0.2) is 18.2 Å². The lowest BCUT2D eigenvalue weighted by molar-refractivity contribution is -0.123. The minimum atomic E-state index is -3.71. The summed E-state index contributed by atoms with van der Waals surface area (Å²) in [6, 6.07) is 13.0. The quantitative estimate of drug-likeness (QED) is 0.541. The minimum absolute atomic E-state index is 0.0213. The number of fused-ring (bicyclic) bond motifs is 1. The molecule has 1 aliphatic rings. The summed E-state index contributed by atoms with van der Waals surface area (Å²) in [6.07, 6.45) is 0.139. The zero-order valence-corrected chi connectivity index (χ0v) is 18.6. The number of nitrogens with zero attached hydrogens (tertiary/aromatic N) is 3. The van der Waals surface area contributed by atoms with Gasteiger partial charge in [-0.15, -0.1) is 0 Å². The Labute approximate surface area is 190 Å². The molecule has 11 heteroatoms. The lowest BCUT2D eigenvalue weighted by Gasteiger charge is -2.26. The van der Waals surface area contributed by atoms with Crippen molar-refractivity contribution in [1.29, 1.82) is 0 Å². The first-order chi connectivity index (χ1) is 15.8. The van der Waals surface area contributed by atoms with Crippen LogP contribution in [0.15, 0.2) is 59.6 Å². The first-order valence-corrected chi connectivity index (χ1v) is 11.7. The maximum atomic E-state index is 12.8. The lowest BCUT2D eigenvalue weighted by atomic mass is 10.3. The van der Waals surface area contributed by atoms with Crippen molar-refractivity contribution in [2.24, 2.45) is 0 Å². The number of sulfonamides is 1. The molecule has 0 radical (unpaired) electrons. The van der Waals surface area contributed by atoms with Gasteiger partial charge in [-0.2, -0.15) is 4.31 Å². The Morgan fingerprint density at radius 2 is 1.82 bits per heavy atom. The number of para-hydroxylation sites is 2. The Balaban J connectivity index is 1.42. The maximum absolute atomic E-state index is 12.8. The van der Waals surface area contributed by atoms with Crippen LogP contribution >= 0.6 is 0 Å². The minimum Gasteiger partial charge on any atom is -0.448 e. The molecule has 0 bridgehead atoms. The summed E-state index contributed by atoms with van der Waals surface area (Å²) in [5.41, 5.74) is 1.41. The lowest BCUT2D eigenvalue weighted by Crippen LogP contribution is -2.40. The first kappa shape index (κ1) is 22.8. The molecule has 1 N–H and O–H groups in total. The standard InChI is InChI=1S/C22H22N4O6S/c1-15(32-22(28)20-14-23-18-7-2-3-8-19(18)25-20)21(27)24-16-5-4-6-17(13-16)33(29,30)26-9-11-31-12-10-26/h2-8,13-15H,9-12H2,1H3,(H,24,27). The second-order valence-corrected chi connectivity index (χ2v) is 9.26. The molecule has 0 aliphatic carbocycles. The Kier molecular flexibility index (Phi) is 6.63. The van der Waals surface area contributed by atoms with Crippen LogP contribution in [-0.4, -0.2) is 67.0 Å². The molecule has 4 rings (SSSR count). The zero-order chi connectivity index (χ0) is 23.4. The molecule has 2 aromatic carbocycles. The average Bonchev–Trinajstić information content (AvgIpc) is 2.84. The highest BCUT2D eigenvalue weighted by Crippen LogP contribution is 2.21. The molecule has 1 unspecified atom stereocenters. The Morgan fingerprint density at radius 1 is 1.09 bits per heavy atom. The van der Waals surface area contributed by atoms with Gasteiger partial charge in [-0.1, -0.05) is 18.2 Å². The fourth-order valence-corrected chi connectivity index (χ4v) is 4.70. The third-order valence-electron chi connectivity index (χ3n) is 5.02. The van der Waals surface area contributed by atoms with Gasteiger partial charge in [0.1, 0.15) is 0 Å². The van der Waals surface area contributed by atoms with Crippen molar-refractivity contribution in [3.8, 4) is 0 Å². The number of ether oxygens (including phenoxy) is 2. The van der Waals surface area contributed by atoms with E-state index in [1.165, 1.54) is 35.6 Å². The molecular formula is C22H22N4O6S. The van der Waals surface area contributed by atoms with Gasteiger partial charge in [-0.3, -0.25) is 9.78 Å². The molecule has 0 spiro atoms. The highest BCUT2D eigenvalue weighted by atomic mass is 32.2. The van der Waals surface area contributed by atoms with Gasteiger partial charge < -0.3 is 14.8 Å². The van der Waals surface area contributed by atoms with Gasteiger partial charge in [0, 0.05) is 18.8 Å². The number of aromatic nitrogens is 2. The normalized spacial score (nSPS) is 15.7. The van der Waals surface area contributed by atoms with Gasteiger partial charge in [0.2, 0.25) is 10.0 Å². The Bertz CT molecular complexity index is 1290. The van der Waals surface area contributed by atoms with E-state index in [-0.39, 0.29) is 29.4 Å². The number of benzene rings is 2. The number of carbonyl (C=O) groups is 2. The number of anilines is 1. The van der Waals surface area contributed by atoms with E-state index in [4.69, 9.17) is 9.47 Å². The number of carbonyl (C=O) groups excluding carboxylic acids is 2. The van der Waals surface area contributed by atoms with E-state index in [2.05, 4.69) is 15.3 Å². The number of amides is 1. The van der Waals surface area contributed by atoms with Crippen molar-refractivity contribution in [2.75, 3.05) is 31.6 Å². The summed E-state index contributed by atoms with van der Waals surface area (Å²) in [5, 5.41) is 2.58. The summed E-state index contributed by atoms with van der Waals surface area (Å²) < 4.78 is 37.4. The summed E-state index contributed by atoms with van der Waals surface area (Å²) >= 11 is 0. The fourth-order valence-electron chi connectivity index (χ4n) is 3.24. The average molecular weight is 471 g/mol. The second kappa shape index (κ2) is 9.61. The molecule has 0 saturated carbocycles. The van der Waals surface area contributed by atoms with E-state index >= 15 is 0 Å². The number of rotatable bonds is 6. The predicted octanol–water partition coefficient (Wildman–Crippen LogP) is 1.83. The summed E-state index contributed by atoms with van der Waals surface area (Å²) in [7, 11) is -3.71. The molecule has 172 valence electrons. The molecule has 2 heterocycles. The second-order valence-electron chi connectivity index (χ2n) is 7.33. The molecule has 10 nitrogen and oxygen atoms in total. The summed E-state index contributed by atoms with van der Waals surface area (Å²) in [4.78, 5) is 33.4. The van der Waals surface area contributed by atoms with Crippen molar-refractivity contribution in [3.05, 3.63) is 60.4 Å². The molecule has 33 heavy (non-hydrogen) atoms. The number of nitrogens with one attached hydrogen (secondary N) is 1. The predicted molar refractivity (Wildman–Crippen MR) is 119 cm³/mol. The highest BCUT2D eigenvalue weighted by Gasteiger charge is 2.27. The third kappa shape index (κ3) is 5.16. The molecule has 3 aromatic rings. The van der Waals surface area contributed by atoms with E-state index < -0.39 is 28.0 Å². The molecule has 1 aromatic heterocycles. The van der Waals surface area contributed by atoms with Crippen LogP contribution in [0.1, 0.15) is 17.4 Å². The molecular weight excluding hydrogens is 448 g/mol. The van der Waals surface area contributed by atoms with Crippen molar-refractivity contribution >= 4 is 38.6 Å². The SMILES string of the molecule is CC(OC(=O)c1cnc2ccccc2n1)C(=O)Nc1cccc(S(=O)(=O)N2CCOCC2)c1. The molecule has 1 saturated heterocycles. The monoisotopic (exact) mass is 470 g/mol. The topological polar surface area (TPSA) is 128 Å². The van der Waals surface area contributed by atoms with E-state index in [1.807, 2.05) is 6.07 Å². The van der Waals surface area contributed by atoms with Crippen LogP contribution in [-0.2, 0) is 24.3 Å². The van der Waals surface area contributed by atoms with Gasteiger partial charge in [-0.05, 0) is 37.3 Å². The van der Waals surface area contributed by atoms with Crippen LogP contribution in [0.3, 0.4) is 0 Å². The van der Waals surface area contributed by atoms with Crippen molar-refractivity contribution in [2.45, 2.75) is 17.9 Å². The van der Waals surface area contributed by atoms with Crippen LogP contribution in [0.5, 0.6) is 0 Å². The van der Waals surface area contributed by atoms with Crippen molar-refractivity contribution < 1.29 is 27.5 Å². The van der Waals surface area contributed by atoms with Crippen LogP contribution in [0.2, 0.25) is 0 Å². The van der Waals surface area contributed by atoms with Gasteiger partial charge in [0.05, 0.1) is 35.3 Å². The summed E-state index contributed by atoms with van der Waals surface area (Å²) in [5.74, 6) is -1.41. The maximum Gasteiger partial charge on any atom is 0.359 e. The third-order valence-corrected chi connectivity index (χ3v) is 6.91. The van der Waals surface area contributed by atoms with Gasteiger partial charge >= 0.3 is 5.97 Å². The van der Waals surface area contributed by atoms with E-state index in [1.54, 1.807) is 24.3 Å². The highest BCUT2D eigenvalue weighted by molar-refractivity contribution is 7.89. The molecule has 1 atom stereocenters. The molecule has 1 aliphatic heterocycles. The first-order valence-electron chi connectivity index (χ1n) is 10.3. The largest absolute Gasteiger partial charge is 0.448 e. The van der Waals surface area contributed by atoms with E-state index in [0.717, 1.165) is 0 Å².